The highest BCUT2D eigenvalue weighted by Crippen LogP contribution is 2.19. The fourth-order valence-corrected chi connectivity index (χ4v) is 1.59. The summed E-state index contributed by atoms with van der Waals surface area (Å²) in [6.45, 7) is 8.84. The summed E-state index contributed by atoms with van der Waals surface area (Å²) in [7, 11) is 0. The highest BCUT2D eigenvalue weighted by molar-refractivity contribution is 5.27. The van der Waals surface area contributed by atoms with Gasteiger partial charge in [0.25, 0.3) is 0 Å². The molecule has 1 rings (SSSR count). The lowest BCUT2D eigenvalue weighted by Crippen LogP contribution is -2.11. The largest absolute Gasteiger partial charge is 0.352 e. The van der Waals surface area contributed by atoms with Gasteiger partial charge in [-0.3, -0.25) is 0 Å². The van der Waals surface area contributed by atoms with Crippen LogP contribution in [0.4, 0.5) is 5.95 Å². The average molecular weight is 193 g/mol. The Morgan fingerprint density at radius 1 is 1.57 bits per heavy atom. The van der Waals surface area contributed by atoms with Crippen molar-refractivity contribution in [3.63, 3.8) is 0 Å². The molecule has 0 fully saturated rings. The standard InChI is InChI=1S/C11H19N3/c1-4-7-12-11-13-8-9-14(11)10(5-2)6-3/h4,8-10H,1,5-7H2,2-3H3,(H,12,13). The van der Waals surface area contributed by atoms with Gasteiger partial charge in [-0.15, -0.1) is 6.58 Å². The number of imidazole rings is 1. The monoisotopic (exact) mass is 193 g/mol. The molecule has 0 spiro atoms. The molecular weight excluding hydrogens is 174 g/mol. The molecule has 78 valence electrons. The average Bonchev–Trinajstić information content (AvgIpc) is 2.65. The Morgan fingerprint density at radius 2 is 2.29 bits per heavy atom. The smallest absolute Gasteiger partial charge is 0.203 e. The molecule has 0 bridgehead atoms. The van der Waals surface area contributed by atoms with E-state index in [2.05, 4.69) is 35.3 Å². The van der Waals surface area contributed by atoms with Gasteiger partial charge in [0.05, 0.1) is 0 Å². The molecule has 3 heteroatoms. The summed E-state index contributed by atoms with van der Waals surface area (Å²) in [5, 5.41) is 3.23. The zero-order valence-corrected chi connectivity index (χ0v) is 9.03. The summed E-state index contributed by atoms with van der Waals surface area (Å²) < 4.78 is 2.20. The van der Waals surface area contributed by atoms with Crippen LogP contribution in [0.1, 0.15) is 32.7 Å². The molecule has 0 amide bonds. The highest BCUT2D eigenvalue weighted by atomic mass is 15.2. The van der Waals surface area contributed by atoms with Crippen molar-refractivity contribution in [1.82, 2.24) is 9.55 Å². The van der Waals surface area contributed by atoms with Crippen molar-refractivity contribution in [1.29, 1.82) is 0 Å². The van der Waals surface area contributed by atoms with Crippen LogP contribution in [0.3, 0.4) is 0 Å². The third-order valence-electron chi connectivity index (χ3n) is 2.41. The molecule has 14 heavy (non-hydrogen) atoms. The summed E-state index contributed by atoms with van der Waals surface area (Å²) in [6, 6.07) is 0.546. The molecule has 1 N–H and O–H groups in total. The quantitative estimate of drug-likeness (QED) is 0.704. The summed E-state index contributed by atoms with van der Waals surface area (Å²) >= 11 is 0. The molecule has 3 nitrogen and oxygen atoms in total. The van der Waals surface area contributed by atoms with Gasteiger partial charge in [-0.05, 0) is 12.8 Å². The Kier molecular flexibility index (Phi) is 4.23. The SMILES string of the molecule is C=CCNc1nccn1C(CC)CC. The first kappa shape index (κ1) is 10.8. The summed E-state index contributed by atoms with van der Waals surface area (Å²) in [5.74, 6) is 0.943. The van der Waals surface area contributed by atoms with Gasteiger partial charge in [-0.1, -0.05) is 19.9 Å². The van der Waals surface area contributed by atoms with Crippen LogP contribution >= 0.6 is 0 Å². The Morgan fingerprint density at radius 3 is 2.86 bits per heavy atom. The second-order valence-corrected chi connectivity index (χ2v) is 3.30. The van der Waals surface area contributed by atoms with E-state index in [4.69, 9.17) is 0 Å². The van der Waals surface area contributed by atoms with E-state index in [1.165, 1.54) is 0 Å². The number of nitrogens with zero attached hydrogens (tertiary/aromatic N) is 2. The number of hydrogen-bond donors (Lipinski definition) is 1. The van der Waals surface area contributed by atoms with E-state index in [1.54, 1.807) is 0 Å². The van der Waals surface area contributed by atoms with Crippen molar-refractivity contribution < 1.29 is 0 Å². The maximum absolute atomic E-state index is 4.27. The molecule has 0 unspecified atom stereocenters. The minimum absolute atomic E-state index is 0.546. The molecule has 0 aliphatic heterocycles. The lowest BCUT2D eigenvalue weighted by molar-refractivity contribution is 0.476. The second kappa shape index (κ2) is 5.47. The van der Waals surface area contributed by atoms with Gasteiger partial charge in [-0.2, -0.15) is 0 Å². The van der Waals surface area contributed by atoms with Gasteiger partial charge in [0.15, 0.2) is 0 Å². The van der Waals surface area contributed by atoms with Crippen LogP contribution in [0.25, 0.3) is 0 Å². The molecule has 1 heterocycles. The number of nitrogens with one attached hydrogen (secondary N) is 1. The van der Waals surface area contributed by atoms with Gasteiger partial charge in [0, 0.05) is 25.0 Å². The van der Waals surface area contributed by atoms with Crippen molar-refractivity contribution in [3.05, 3.63) is 25.0 Å². The predicted octanol–water partition coefficient (Wildman–Crippen LogP) is 2.84. The van der Waals surface area contributed by atoms with E-state index in [1.807, 2.05) is 18.5 Å². The maximum Gasteiger partial charge on any atom is 0.203 e. The number of anilines is 1. The van der Waals surface area contributed by atoms with Crippen LogP contribution < -0.4 is 5.32 Å². The Hall–Kier alpha value is -1.25. The van der Waals surface area contributed by atoms with Crippen LogP contribution in [0.15, 0.2) is 25.0 Å². The van der Waals surface area contributed by atoms with Crippen molar-refractivity contribution >= 4 is 5.95 Å². The summed E-state index contributed by atoms with van der Waals surface area (Å²) in [5.41, 5.74) is 0. The van der Waals surface area contributed by atoms with Crippen molar-refractivity contribution in [2.45, 2.75) is 32.7 Å². The first-order chi connectivity index (χ1) is 6.83. The molecule has 0 saturated carbocycles. The molecule has 0 aliphatic carbocycles. The maximum atomic E-state index is 4.27. The fraction of sp³-hybridized carbons (Fsp3) is 0.545. The van der Waals surface area contributed by atoms with Crippen molar-refractivity contribution in [2.75, 3.05) is 11.9 Å². The fourth-order valence-electron chi connectivity index (χ4n) is 1.59. The predicted molar refractivity (Wildman–Crippen MR) is 60.5 cm³/mol. The molecule has 1 aromatic rings. The van der Waals surface area contributed by atoms with Crippen LogP contribution in [0.2, 0.25) is 0 Å². The Bertz CT molecular complexity index is 274. The second-order valence-electron chi connectivity index (χ2n) is 3.30. The number of rotatable bonds is 6. The molecule has 0 atom stereocenters. The zero-order chi connectivity index (χ0) is 10.4. The summed E-state index contributed by atoms with van der Waals surface area (Å²) in [6.07, 6.45) is 7.98. The van der Waals surface area contributed by atoms with Crippen LogP contribution in [-0.2, 0) is 0 Å². The Labute approximate surface area is 85.8 Å². The molecule has 0 radical (unpaired) electrons. The highest BCUT2D eigenvalue weighted by Gasteiger charge is 2.09. The first-order valence-corrected chi connectivity index (χ1v) is 5.21. The minimum Gasteiger partial charge on any atom is -0.352 e. The summed E-state index contributed by atoms with van der Waals surface area (Å²) in [4.78, 5) is 4.27. The van der Waals surface area contributed by atoms with Gasteiger partial charge in [-0.25, -0.2) is 4.98 Å². The van der Waals surface area contributed by atoms with E-state index < -0.39 is 0 Å². The molecule has 0 aliphatic rings. The van der Waals surface area contributed by atoms with Gasteiger partial charge in [0.2, 0.25) is 5.95 Å². The molecule has 0 aromatic carbocycles. The molecule has 1 aromatic heterocycles. The number of hydrogen-bond acceptors (Lipinski definition) is 2. The third kappa shape index (κ3) is 2.37. The normalized spacial score (nSPS) is 10.5. The Balaban J connectivity index is 2.74. The van der Waals surface area contributed by atoms with E-state index in [-0.39, 0.29) is 0 Å². The third-order valence-corrected chi connectivity index (χ3v) is 2.41. The molecular formula is C11H19N3. The van der Waals surface area contributed by atoms with Crippen LogP contribution in [0.5, 0.6) is 0 Å². The van der Waals surface area contributed by atoms with Crippen molar-refractivity contribution in [2.24, 2.45) is 0 Å². The van der Waals surface area contributed by atoms with Crippen LogP contribution in [-0.4, -0.2) is 16.1 Å². The molecule has 0 saturated heterocycles. The van der Waals surface area contributed by atoms with Gasteiger partial charge in [0.1, 0.15) is 0 Å². The zero-order valence-electron chi connectivity index (χ0n) is 9.03. The lowest BCUT2D eigenvalue weighted by atomic mass is 10.2. The lowest BCUT2D eigenvalue weighted by Gasteiger charge is -2.17. The minimum atomic E-state index is 0.546. The topological polar surface area (TPSA) is 29.9 Å². The van der Waals surface area contributed by atoms with Crippen LogP contribution in [0, 0.1) is 0 Å². The van der Waals surface area contributed by atoms with Gasteiger partial charge >= 0.3 is 0 Å². The number of aromatic nitrogens is 2. The van der Waals surface area contributed by atoms with Gasteiger partial charge < -0.3 is 9.88 Å². The van der Waals surface area contributed by atoms with E-state index in [0.29, 0.717) is 6.04 Å². The van der Waals surface area contributed by atoms with E-state index >= 15 is 0 Å². The first-order valence-electron chi connectivity index (χ1n) is 5.21. The van der Waals surface area contributed by atoms with E-state index in [0.717, 1.165) is 25.3 Å². The van der Waals surface area contributed by atoms with Crippen molar-refractivity contribution in [3.8, 4) is 0 Å². The van der Waals surface area contributed by atoms with E-state index in [9.17, 15) is 0 Å².